The zero-order valence-corrected chi connectivity index (χ0v) is 10.2. The molecule has 18 heavy (non-hydrogen) atoms. The fourth-order valence-corrected chi connectivity index (χ4v) is 1.98. The maximum Gasteiger partial charge on any atom is 0.247 e. The van der Waals surface area contributed by atoms with Crippen LogP contribution in [0.2, 0.25) is 0 Å². The van der Waals surface area contributed by atoms with Gasteiger partial charge in [-0.1, -0.05) is 13.0 Å². The molecule has 3 rings (SSSR count). The zero-order chi connectivity index (χ0) is 12.5. The number of hydrogen-bond donors (Lipinski definition) is 1. The first-order valence-corrected chi connectivity index (χ1v) is 6.07. The number of nitrogens with two attached hydrogens (primary N) is 1. The summed E-state index contributed by atoms with van der Waals surface area (Å²) in [6, 6.07) is 5.87. The zero-order valence-electron chi connectivity index (χ0n) is 10.2. The minimum Gasteiger partial charge on any atom is -0.419 e. The molecule has 2 aromatic rings. The van der Waals surface area contributed by atoms with E-state index >= 15 is 0 Å². The van der Waals surface area contributed by atoms with Crippen molar-refractivity contribution in [2.24, 2.45) is 5.73 Å². The van der Waals surface area contributed by atoms with Gasteiger partial charge < -0.3 is 14.9 Å². The third-order valence-corrected chi connectivity index (χ3v) is 3.17. The van der Waals surface area contributed by atoms with Crippen LogP contribution in [0, 0.1) is 0 Å². The fraction of sp³-hybridized carbons (Fsp3) is 0.385. The molecule has 0 amide bonds. The molecule has 0 saturated heterocycles. The van der Waals surface area contributed by atoms with Crippen molar-refractivity contribution in [3.63, 3.8) is 0 Å². The van der Waals surface area contributed by atoms with Gasteiger partial charge in [0, 0.05) is 5.56 Å². The van der Waals surface area contributed by atoms with Crippen molar-refractivity contribution < 1.29 is 9.15 Å². The Morgan fingerprint density at radius 2 is 2.11 bits per heavy atom. The Labute approximate surface area is 105 Å². The van der Waals surface area contributed by atoms with E-state index in [4.69, 9.17) is 14.9 Å². The van der Waals surface area contributed by atoms with Crippen LogP contribution >= 0.6 is 0 Å². The van der Waals surface area contributed by atoms with Gasteiger partial charge in [-0.25, -0.2) is 0 Å². The van der Waals surface area contributed by atoms with Gasteiger partial charge in [0.2, 0.25) is 11.8 Å². The van der Waals surface area contributed by atoms with Gasteiger partial charge in [-0.3, -0.25) is 0 Å². The van der Waals surface area contributed by atoms with Crippen molar-refractivity contribution in [2.75, 3.05) is 0 Å². The molecule has 2 heterocycles. The molecule has 1 aromatic heterocycles. The second kappa shape index (κ2) is 4.51. The van der Waals surface area contributed by atoms with E-state index in [1.165, 1.54) is 11.1 Å². The Morgan fingerprint density at radius 1 is 1.28 bits per heavy atom. The Bertz CT molecular complexity index is 565. The molecule has 1 unspecified atom stereocenters. The minimum absolute atomic E-state index is 0.191. The molecule has 5 heteroatoms. The standard InChI is InChI=1S/C13H15N3O2/c1-2-11(14)13-16-15-12(18-13)8-3-4-9-6-17-7-10(9)5-8/h3-5,11H,2,6-7,14H2,1H3. The van der Waals surface area contributed by atoms with Crippen molar-refractivity contribution >= 4 is 0 Å². The van der Waals surface area contributed by atoms with Gasteiger partial charge in [0.15, 0.2) is 0 Å². The molecule has 0 spiro atoms. The fourth-order valence-electron chi connectivity index (χ4n) is 1.98. The molecule has 2 N–H and O–H groups in total. The van der Waals surface area contributed by atoms with Gasteiger partial charge in [0.1, 0.15) is 0 Å². The summed E-state index contributed by atoms with van der Waals surface area (Å²) in [6.45, 7) is 3.32. The second-order valence-corrected chi connectivity index (χ2v) is 4.44. The monoisotopic (exact) mass is 245 g/mol. The SMILES string of the molecule is CCC(N)c1nnc(-c2ccc3c(c2)COC3)o1. The Morgan fingerprint density at radius 3 is 2.94 bits per heavy atom. The van der Waals surface area contributed by atoms with Crippen LogP contribution in [0.5, 0.6) is 0 Å². The molecule has 5 nitrogen and oxygen atoms in total. The van der Waals surface area contributed by atoms with Gasteiger partial charge in [-0.15, -0.1) is 10.2 Å². The van der Waals surface area contributed by atoms with Gasteiger partial charge in [-0.2, -0.15) is 0 Å². The minimum atomic E-state index is -0.191. The van der Waals surface area contributed by atoms with Gasteiger partial charge in [0.25, 0.3) is 0 Å². The third kappa shape index (κ3) is 1.91. The van der Waals surface area contributed by atoms with Crippen LogP contribution in [-0.4, -0.2) is 10.2 Å². The van der Waals surface area contributed by atoms with Crippen LogP contribution in [0.15, 0.2) is 22.6 Å². The first-order chi connectivity index (χ1) is 8.78. The van der Waals surface area contributed by atoms with Gasteiger partial charge in [-0.05, 0) is 29.7 Å². The van der Waals surface area contributed by atoms with E-state index in [9.17, 15) is 0 Å². The molecule has 0 aliphatic carbocycles. The highest BCUT2D eigenvalue weighted by molar-refractivity contribution is 5.55. The van der Waals surface area contributed by atoms with Crippen molar-refractivity contribution in [1.82, 2.24) is 10.2 Å². The van der Waals surface area contributed by atoms with E-state index in [0.717, 1.165) is 12.0 Å². The van der Waals surface area contributed by atoms with Crippen LogP contribution in [0.4, 0.5) is 0 Å². The lowest BCUT2D eigenvalue weighted by molar-refractivity contribution is 0.134. The van der Waals surface area contributed by atoms with Crippen molar-refractivity contribution in [1.29, 1.82) is 0 Å². The second-order valence-electron chi connectivity index (χ2n) is 4.44. The molecule has 1 aliphatic heterocycles. The maximum absolute atomic E-state index is 5.86. The van der Waals surface area contributed by atoms with Crippen LogP contribution in [0.3, 0.4) is 0 Å². The number of hydrogen-bond acceptors (Lipinski definition) is 5. The molecule has 0 bridgehead atoms. The van der Waals surface area contributed by atoms with E-state index in [1.807, 2.05) is 25.1 Å². The lowest BCUT2D eigenvalue weighted by atomic mass is 10.1. The first-order valence-electron chi connectivity index (χ1n) is 6.07. The summed E-state index contributed by atoms with van der Waals surface area (Å²) >= 11 is 0. The van der Waals surface area contributed by atoms with Crippen LogP contribution in [0.25, 0.3) is 11.5 Å². The van der Waals surface area contributed by atoms with Crippen LogP contribution in [-0.2, 0) is 18.0 Å². The van der Waals surface area contributed by atoms with E-state index < -0.39 is 0 Å². The summed E-state index contributed by atoms with van der Waals surface area (Å²) in [7, 11) is 0. The summed E-state index contributed by atoms with van der Waals surface area (Å²) in [5.74, 6) is 1.01. The summed E-state index contributed by atoms with van der Waals surface area (Å²) in [4.78, 5) is 0. The maximum atomic E-state index is 5.86. The average molecular weight is 245 g/mol. The van der Waals surface area contributed by atoms with Crippen molar-refractivity contribution in [2.45, 2.75) is 32.6 Å². The molecule has 94 valence electrons. The summed E-state index contributed by atoms with van der Waals surface area (Å²) in [5.41, 5.74) is 9.19. The highest BCUT2D eigenvalue weighted by atomic mass is 16.5. The highest BCUT2D eigenvalue weighted by Gasteiger charge is 2.16. The highest BCUT2D eigenvalue weighted by Crippen LogP contribution is 2.27. The molecule has 0 fully saturated rings. The lowest BCUT2D eigenvalue weighted by Gasteiger charge is -2.01. The lowest BCUT2D eigenvalue weighted by Crippen LogP contribution is -2.08. The molecular formula is C13H15N3O2. The molecule has 0 radical (unpaired) electrons. The van der Waals surface area contributed by atoms with E-state index in [0.29, 0.717) is 25.0 Å². The number of rotatable bonds is 3. The number of fused-ring (bicyclic) bond motifs is 1. The number of ether oxygens (including phenoxy) is 1. The van der Waals surface area contributed by atoms with Crippen LogP contribution < -0.4 is 5.73 Å². The Hall–Kier alpha value is -1.72. The summed E-state index contributed by atoms with van der Waals surface area (Å²) < 4.78 is 11.0. The third-order valence-electron chi connectivity index (χ3n) is 3.17. The number of aromatic nitrogens is 2. The topological polar surface area (TPSA) is 74.2 Å². The van der Waals surface area contributed by atoms with E-state index in [-0.39, 0.29) is 6.04 Å². The summed E-state index contributed by atoms with van der Waals surface area (Å²) in [5, 5.41) is 8.03. The molecule has 1 aliphatic rings. The van der Waals surface area contributed by atoms with Crippen molar-refractivity contribution in [3.8, 4) is 11.5 Å². The average Bonchev–Trinajstić information content (AvgIpc) is 3.05. The Kier molecular flexibility index (Phi) is 2.85. The normalized spacial score (nSPS) is 15.7. The van der Waals surface area contributed by atoms with Crippen LogP contribution in [0.1, 0.15) is 36.4 Å². The molecule has 1 atom stereocenters. The number of benzene rings is 1. The van der Waals surface area contributed by atoms with Crippen molar-refractivity contribution in [3.05, 3.63) is 35.2 Å². The largest absolute Gasteiger partial charge is 0.419 e. The Balaban J connectivity index is 1.92. The smallest absolute Gasteiger partial charge is 0.247 e. The predicted octanol–water partition coefficient (Wildman–Crippen LogP) is 2.18. The van der Waals surface area contributed by atoms with Gasteiger partial charge >= 0.3 is 0 Å². The molecule has 1 aromatic carbocycles. The predicted molar refractivity (Wildman–Crippen MR) is 65.4 cm³/mol. The summed E-state index contributed by atoms with van der Waals surface area (Å²) in [6.07, 6.45) is 0.777. The molecule has 0 saturated carbocycles. The first kappa shape index (κ1) is 11.4. The quantitative estimate of drug-likeness (QED) is 0.897. The molecular weight excluding hydrogens is 230 g/mol. The van der Waals surface area contributed by atoms with E-state index in [2.05, 4.69) is 10.2 Å². The van der Waals surface area contributed by atoms with Gasteiger partial charge in [0.05, 0.1) is 19.3 Å². The number of nitrogens with zero attached hydrogens (tertiary/aromatic N) is 2. The van der Waals surface area contributed by atoms with E-state index in [1.54, 1.807) is 0 Å².